The van der Waals surface area contributed by atoms with E-state index in [1.165, 1.54) is 12.3 Å². The van der Waals surface area contributed by atoms with E-state index in [2.05, 4.69) is 10.3 Å². The van der Waals surface area contributed by atoms with E-state index in [4.69, 9.17) is 11.6 Å². The highest BCUT2D eigenvalue weighted by Gasteiger charge is 2.33. The van der Waals surface area contributed by atoms with Crippen LogP contribution in [-0.4, -0.2) is 15.3 Å². The number of aromatic nitrogens is 2. The predicted octanol–water partition coefficient (Wildman–Crippen LogP) is 3.62. The molecule has 0 unspecified atom stereocenters. The van der Waals surface area contributed by atoms with Crippen LogP contribution in [0.2, 0.25) is 5.02 Å². The lowest BCUT2D eigenvalue weighted by Crippen LogP contribution is -2.26. The monoisotopic (exact) mass is 367 g/mol. The molecule has 1 N–H and O–H groups in total. The third kappa shape index (κ3) is 3.34. The van der Waals surface area contributed by atoms with Crippen molar-refractivity contribution in [3.8, 4) is 0 Å². The maximum atomic E-state index is 12.9. The van der Waals surface area contributed by atoms with Gasteiger partial charge >= 0.3 is 6.18 Å². The summed E-state index contributed by atoms with van der Waals surface area (Å²) in [5.41, 5.74) is -1.81. The number of halogens is 4. The number of rotatable bonds is 2. The average Bonchev–Trinajstić information content (AvgIpc) is 2.56. The molecule has 0 atom stereocenters. The van der Waals surface area contributed by atoms with E-state index in [0.717, 1.165) is 16.7 Å². The number of hydrogen-bond acceptors (Lipinski definition) is 3. The normalized spacial score (nSPS) is 11.5. The highest BCUT2D eigenvalue weighted by molar-refractivity contribution is 6.31. The molecule has 2 heterocycles. The van der Waals surface area contributed by atoms with Crippen molar-refractivity contribution in [2.75, 3.05) is 5.32 Å². The first-order chi connectivity index (χ1) is 11.8. The molecule has 3 rings (SSSR count). The van der Waals surface area contributed by atoms with E-state index in [1.807, 2.05) is 0 Å². The SMILES string of the molecule is O=C(Nc1ccc(Cl)c(C(F)(F)F)c1)c1cnc2ccccn2c1=O. The fourth-order valence-corrected chi connectivity index (χ4v) is 2.43. The molecule has 0 aliphatic heterocycles. The topological polar surface area (TPSA) is 63.5 Å². The summed E-state index contributed by atoms with van der Waals surface area (Å²) >= 11 is 5.53. The van der Waals surface area contributed by atoms with E-state index in [1.54, 1.807) is 18.2 Å². The number of hydrogen-bond donors (Lipinski definition) is 1. The van der Waals surface area contributed by atoms with Gasteiger partial charge in [0.05, 0.1) is 10.6 Å². The van der Waals surface area contributed by atoms with Crippen LogP contribution in [0.1, 0.15) is 15.9 Å². The summed E-state index contributed by atoms with van der Waals surface area (Å²) in [7, 11) is 0. The molecule has 5 nitrogen and oxygen atoms in total. The van der Waals surface area contributed by atoms with Gasteiger partial charge in [-0.25, -0.2) is 4.98 Å². The summed E-state index contributed by atoms with van der Waals surface area (Å²) in [6.45, 7) is 0. The zero-order valence-corrected chi connectivity index (χ0v) is 13.1. The molecule has 1 amide bonds. The molecule has 0 bridgehead atoms. The minimum atomic E-state index is -4.66. The van der Waals surface area contributed by atoms with Gasteiger partial charge in [0, 0.05) is 18.1 Å². The summed E-state index contributed by atoms with van der Waals surface area (Å²) in [4.78, 5) is 28.5. The van der Waals surface area contributed by atoms with Crippen molar-refractivity contribution in [3.05, 3.63) is 75.3 Å². The molecular formula is C16H9ClF3N3O2. The molecule has 0 saturated heterocycles. The predicted molar refractivity (Wildman–Crippen MR) is 85.9 cm³/mol. The van der Waals surface area contributed by atoms with Crippen molar-refractivity contribution in [1.82, 2.24) is 9.38 Å². The quantitative estimate of drug-likeness (QED) is 0.752. The highest BCUT2D eigenvalue weighted by atomic mass is 35.5. The Kier molecular flexibility index (Phi) is 4.22. The third-order valence-corrected chi connectivity index (χ3v) is 3.72. The van der Waals surface area contributed by atoms with Gasteiger partial charge in [-0.05, 0) is 30.3 Å². The number of pyridine rings is 1. The third-order valence-electron chi connectivity index (χ3n) is 3.39. The number of carbonyl (C=O) groups excluding carboxylic acids is 1. The summed E-state index contributed by atoms with van der Waals surface area (Å²) in [5.74, 6) is -0.869. The molecule has 1 aromatic carbocycles. The van der Waals surface area contributed by atoms with Crippen molar-refractivity contribution < 1.29 is 18.0 Å². The number of amides is 1. The Balaban J connectivity index is 1.96. The maximum Gasteiger partial charge on any atom is 0.417 e. The van der Waals surface area contributed by atoms with Crippen LogP contribution in [-0.2, 0) is 6.18 Å². The first kappa shape index (κ1) is 17.0. The summed E-state index contributed by atoms with van der Waals surface area (Å²) in [6, 6.07) is 7.78. The van der Waals surface area contributed by atoms with Crippen LogP contribution in [0, 0.1) is 0 Å². The van der Waals surface area contributed by atoms with Gasteiger partial charge < -0.3 is 5.32 Å². The first-order valence-electron chi connectivity index (χ1n) is 6.92. The van der Waals surface area contributed by atoms with Crippen LogP contribution in [0.25, 0.3) is 5.65 Å². The van der Waals surface area contributed by atoms with E-state index < -0.39 is 28.2 Å². The molecule has 9 heteroatoms. The molecule has 3 aromatic rings. The standard InChI is InChI=1S/C16H9ClF3N3O2/c17-12-5-4-9(7-11(12)16(18,19)20)22-14(24)10-8-21-13-3-1-2-6-23(13)15(10)25/h1-8H,(H,22,24). The van der Waals surface area contributed by atoms with E-state index in [9.17, 15) is 22.8 Å². The van der Waals surface area contributed by atoms with Crippen molar-refractivity contribution in [2.24, 2.45) is 0 Å². The van der Waals surface area contributed by atoms with Crippen LogP contribution in [0.4, 0.5) is 18.9 Å². The Hall–Kier alpha value is -2.87. The van der Waals surface area contributed by atoms with Gasteiger partial charge in [-0.15, -0.1) is 0 Å². The molecule has 128 valence electrons. The molecule has 25 heavy (non-hydrogen) atoms. The zero-order valence-electron chi connectivity index (χ0n) is 12.3. The number of nitrogens with one attached hydrogen (secondary N) is 1. The van der Waals surface area contributed by atoms with Gasteiger partial charge in [0.1, 0.15) is 11.2 Å². The molecule has 0 fully saturated rings. The van der Waals surface area contributed by atoms with Gasteiger partial charge in [0.25, 0.3) is 11.5 Å². The van der Waals surface area contributed by atoms with Crippen molar-refractivity contribution >= 4 is 28.8 Å². The van der Waals surface area contributed by atoms with Crippen molar-refractivity contribution in [3.63, 3.8) is 0 Å². The van der Waals surface area contributed by atoms with Crippen molar-refractivity contribution in [2.45, 2.75) is 6.18 Å². The Morgan fingerprint density at radius 2 is 1.96 bits per heavy atom. The van der Waals surface area contributed by atoms with Gasteiger partial charge in [-0.2, -0.15) is 13.2 Å². The molecule has 0 aliphatic rings. The second-order valence-corrected chi connectivity index (χ2v) is 5.46. The summed E-state index contributed by atoms with van der Waals surface area (Å²) in [6.07, 6.45) is -2.15. The Labute approximate surface area is 143 Å². The lowest BCUT2D eigenvalue weighted by atomic mass is 10.2. The van der Waals surface area contributed by atoms with E-state index in [-0.39, 0.29) is 11.3 Å². The van der Waals surface area contributed by atoms with Gasteiger partial charge in [0.2, 0.25) is 0 Å². The molecule has 0 aliphatic carbocycles. The second-order valence-electron chi connectivity index (χ2n) is 5.05. The second kappa shape index (κ2) is 6.21. The van der Waals surface area contributed by atoms with Crippen LogP contribution in [0.3, 0.4) is 0 Å². The minimum Gasteiger partial charge on any atom is -0.322 e. The van der Waals surface area contributed by atoms with Gasteiger partial charge in [-0.1, -0.05) is 17.7 Å². The van der Waals surface area contributed by atoms with Crippen LogP contribution >= 0.6 is 11.6 Å². The maximum absolute atomic E-state index is 12.9. The van der Waals surface area contributed by atoms with Crippen LogP contribution in [0.5, 0.6) is 0 Å². The molecule has 0 spiro atoms. The lowest BCUT2D eigenvalue weighted by molar-refractivity contribution is -0.137. The fourth-order valence-electron chi connectivity index (χ4n) is 2.20. The smallest absolute Gasteiger partial charge is 0.322 e. The summed E-state index contributed by atoms with van der Waals surface area (Å²) < 4.78 is 39.8. The first-order valence-corrected chi connectivity index (χ1v) is 7.29. The van der Waals surface area contributed by atoms with Crippen molar-refractivity contribution in [1.29, 1.82) is 0 Å². The van der Waals surface area contributed by atoms with E-state index in [0.29, 0.717) is 11.7 Å². The highest BCUT2D eigenvalue weighted by Crippen LogP contribution is 2.36. The van der Waals surface area contributed by atoms with E-state index >= 15 is 0 Å². The molecule has 2 aromatic heterocycles. The van der Waals surface area contributed by atoms with Gasteiger partial charge in [-0.3, -0.25) is 14.0 Å². The minimum absolute atomic E-state index is 0.140. The zero-order chi connectivity index (χ0) is 18.2. The van der Waals surface area contributed by atoms with Crippen LogP contribution < -0.4 is 10.9 Å². The number of alkyl halides is 3. The Morgan fingerprint density at radius 1 is 1.20 bits per heavy atom. The Bertz CT molecular complexity index is 1030. The average molecular weight is 368 g/mol. The fraction of sp³-hybridized carbons (Fsp3) is 0.0625. The Morgan fingerprint density at radius 3 is 2.68 bits per heavy atom. The van der Waals surface area contributed by atoms with Crippen LogP contribution in [0.15, 0.2) is 53.6 Å². The molecular weight excluding hydrogens is 359 g/mol. The number of benzene rings is 1. The number of nitrogens with zero attached hydrogens (tertiary/aromatic N) is 2. The summed E-state index contributed by atoms with van der Waals surface area (Å²) in [5, 5.41) is 1.76. The molecule has 0 radical (unpaired) electrons. The van der Waals surface area contributed by atoms with Gasteiger partial charge in [0.15, 0.2) is 0 Å². The largest absolute Gasteiger partial charge is 0.417 e. The number of fused-ring (bicyclic) bond motifs is 1. The molecule has 0 saturated carbocycles. The lowest BCUT2D eigenvalue weighted by Gasteiger charge is -2.11. The number of carbonyl (C=O) groups is 1. The number of anilines is 1.